The molecule has 2 nitrogen and oxygen atoms in total. The van der Waals surface area contributed by atoms with Gasteiger partial charge >= 0.3 is 0 Å². The largest absolute Gasteiger partial charge is 0.350 e. The Labute approximate surface area is 127 Å². The first kappa shape index (κ1) is 13.4. The number of nitrogens with one attached hydrogen (secondary N) is 1. The van der Waals surface area contributed by atoms with Crippen LogP contribution in [0.3, 0.4) is 0 Å². The molecule has 1 N–H and O–H groups in total. The van der Waals surface area contributed by atoms with Crippen molar-refractivity contribution in [3.05, 3.63) is 36.0 Å². The van der Waals surface area contributed by atoms with Crippen molar-refractivity contribution in [2.45, 2.75) is 45.2 Å². The summed E-state index contributed by atoms with van der Waals surface area (Å²) in [6, 6.07) is 9.37. The fourth-order valence-corrected chi connectivity index (χ4v) is 4.90. The van der Waals surface area contributed by atoms with E-state index in [-0.39, 0.29) is 0 Å². The number of hydrogen-bond donors (Lipinski definition) is 1. The number of hydrogen-bond acceptors (Lipinski definition) is 1. The van der Waals surface area contributed by atoms with Gasteiger partial charge in [0.2, 0.25) is 0 Å². The molecule has 2 heteroatoms. The van der Waals surface area contributed by atoms with E-state index >= 15 is 0 Å². The number of fused-ring (bicyclic) bond motifs is 3. The molecule has 0 spiro atoms. The van der Waals surface area contributed by atoms with Crippen molar-refractivity contribution in [2.24, 2.45) is 24.8 Å². The fraction of sp³-hybridized carbons (Fsp3) is 0.579. The SMILES string of the molecule is CC(NCc1cn(C)c2ccccc12)C1CC2CCC1C2. The number of aryl methyl sites for hydroxylation is 1. The van der Waals surface area contributed by atoms with E-state index in [1.165, 1.54) is 42.1 Å². The molecule has 2 saturated carbocycles. The van der Waals surface area contributed by atoms with E-state index in [2.05, 4.69) is 54.3 Å². The average molecular weight is 282 g/mol. The van der Waals surface area contributed by atoms with Gasteiger partial charge in [-0.3, -0.25) is 0 Å². The van der Waals surface area contributed by atoms with Gasteiger partial charge in [-0.1, -0.05) is 24.6 Å². The Balaban J connectivity index is 1.46. The van der Waals surface area contributed by atoms with Crippen LogP contribution in [0.1, 0.15) is 38.2 Å². The Hall–Kier alpha value is -1.28. The molecule has 2 aliphatic rings. The number of benzene rings is 1. The molecule has 4 atom stereocenters. The second-order valence-electron chi connectivity index (χ2n) is 7.29. The Kier molecular flexibility index (Phi) is 3.30. The summed E-state index contributed by atoms with van der Waals surface area (Å²) in [7, 11) is 2.14. The molecule has 0 radical (unpaired) electrons. The maximum absolute atomic E-state index is 3.82. The molecule has 2 aromatic rings. The standard InChI is InChI=1S/C19H26N2/c1-13(18-10-14-7-8-15(18)9-14)20-11-16-12-21(2)19-6-4-3-5-17(16)19/h3-6,12-15,18,20H,7-11H2,1-2H3. The van der Waals surface area contributed by atoms with Gasteiger partial charge in [0.15, 0.2) is 0 Å². The third kappa shape index (κ3) is 2.30. The topological polar surface area (TPSA) is 17.0 Å². The zero-order chi connectivity index (χ0) is 14.4. The fourth-order valence-electron chi connectivity index (χ4n) is 4.90. The zero-order valence-corrected chi connectivity index (χ0v) is 13.2. The summed E-state index contributed by atoms with van der Waals surface area (Å²) in [5, 5.41) is 5.21. The highest BCUT2D eigenvalue weighted by Crippen LogP contribution is 2.49. The molecule has 21 heavy (non-hydrogen) atoms. The monoisotopic (exact) mass is 282 g/mol. The van der Waals surface area contributed by atoms with Crippen LogP contribution in [0.2, 0.25) is 0 Å². The predicted molar refractivity (Wildman–Crippen MR) is 88.2 cm³/mol. The third-order valence-electron chi connectivity index (χ3n) is 6.03. The summed E-state index contributed by atoms with van der Waals surface area (Å²) in [5.41, 5.74) is 2.77. The lowest BCUT2D eigenvalue weighted by atomic mass is 9.84. The Morgan fingerprint density at radius 1 is 1.24 bits per heavy atom. The van der Waals surface area contributed by atoms with Crippen molar-refractivity contribution < 1.29 is 0 Å². The van der Waals surface area contributed by atoms with E-state index in [9.17, 15) is 0 Å². The molecule has 0 amide bonds. The van der Waals surface area contributed by atoms with E-state index in [0.717, 1.165) is 24.3 Å². The quantitative estimate of drug-likeness (QED) is 0.893. The van der Waals surface area contributed by atoms with Gasteiger partial charge in [-0.05, 0) is 55.6 Å². The van der Waals surface area contributed by atoms with Gasteiger partial charge in [0.25, 0.3) is 0 Å². The van der Waals surface area contributed by atoms with Crippen molar-refractivity contribution in [3.8, 4) is 0 Å². The van der Waals surface area contributed by atoms with E-state index in [1.54, 1.807) is 0 Å². The molecule has 1 heterocycles. The molecular weight excluding hydrogens is 256 g/mol. The van der Waals surface area contributed by atoms with Gasteiger partial charge in [0, 0.05) is 36.7 Å². The van der Waals surface area contributed by atoms with Crippen molar-refractivity contribution in [3.63, 3.8) is 0 Å². The number of rotatable bonds is 4. The van der Waals surface area contributed by atoms with Crippen LogP contribution in [-0.4, -0.2) is 10.6 Å². The molecule has 0 saturated heterocycles. The zero-order valence-electron chi connectivity index (χ0n) is 13.2. The minimum atomic E-state index is 0.652. The molecule has 1 aromatic carbocycles. The van der Waals surface area contributed by atoms with Gasteiger partial charge in [-0.15, -0.1) is 0 Å². The third-order valence-corrected chi connectivity index (χ3v) is 6.03. The van der Waals surface area contributed by atoms with Crippen LogP contribution < -0.4 is 5.32 Å². The molecule has 1 aromatic heterocycles. The predicted octanol–water partition coefficient (Wildman–Crippen LogP) is 4.09. The van der Waals surface area contributed by atoms with Crippen molar-refractivity contribution in [1.82, 2.24) is 9.88 Å². The first-order valence-electron chi connectivity index (χ1n) is 8.48. The first-order valence-corrected chi connectivity index (χ1v) is 8.48. The molecule has 4 unspecified atom stereocenters. The highest BCUT2D eigenvalue weighted by molar-refractivity contribution is 5.83. The van der Waals surface area contributed by atoms with Crippen LogP contribution in [0.4, 0.5) is 0 Å². The minimum Gasteiger partial charge on any atom is -0.350 e. The summed E-state index contributed by atoms with van der Waals surface area (Å²) in [4.78, 5) is 0. The highest BCUT2D eigenvalue weighted by atomic mass is 14.9. The van der Waals surface area contributed by atoms with Crippen LogP contribution in [0.5, 0.6) is 0 Å². The molecule has 0 aliphatic heterocycles. The van der Waals surface area contributed by atoms with Gasteiger partial charge in [-0.25, -0.2) is 0 Å². The molecule has 2 aliphatic carbocycles. The Bertz CT molecular complexity index is 642. The maximum Gasteiger partial charge on any atom is 0.0481 e. The maximum atomic E-state index is 3.82. The minimum absolute atomic E-state index is 0.652. The molecule has 112 valence electrons. The van der Waals surface area contributed by atoms with Crippen LogP contribution in [0.25, 0.3) is 10.9 Å². The van der Waals surface area contributed by atoms with Gasteiger partial charge < -0.3 is 9.88 Å². The van der Waals surface area contributed by atoms with Crippen LogP contribution in [0.15, 0.2) is 30.5 Å². The molecular formula is C19H26N2. The van der Waals surface area contributed by atoms with Crippen LogP contribution >= 0.6 is 0 Å². The molecule has 4 rings (SSSR count). The highest BCUT2D eigenvalue weighted by Gasteiger charge is 2.41. The van der Waals surface area contributed by atoms with Crippen molar-refractivity contribution >= 4 is 10.9 Å². The molecule has 2 fully saturated rings. The number of nitrogens with zero attached hydrogens (tertiary/aromatic N) is 1. The van der Waals surface area contributed by atoms with E-state index in [0.29, 0.717) is 6.04 Å². The van der Waals surface area contributed by atoms with Crippen molar-refractivity contribution in [1.29, 1.82) is 0 Å². The van der Waals surface area contributed by atoms with E-state index in [1.807, 2.05) is 0 Å². The lowest BCUT2D eigenvalue weighted by Crippen LogP contribution is -2.35. The van der Waals surface area contributed by atoms with E-state index in [4.69, 9.17) is 0 Å². The second-order valence-corrected chi connectivity index (χ2v) is 7.29. The van der Waals surface area contributed by atoms with Gasteiger partial charge in [0.1, 0.15) is 0 Å². The lowest BCUT2D eigenvalue weighted by Gasteiger charge is -2.28. The smallest absolute Gasteiger partial charge is 0.0481 e. The summed E-state index contributed by atoms with van der Waals surface area (Å²) in [6.07, 6.45) is 8.23. The summed E-state index contributed by atoms with van der Waals surface area (Å²) in [6.45, 7) is 3.40. The van der Waals surface area contributed by atoms with Crippen molar-refractivity contribution in [2.75, 3.05) is 0 Å². The Morgan fingerprint density at radius 2 is 2.10 bits per heavy atom. The number of aromatic nitrogens is 1. The Morgan fingerprint density at radius 3 is 2.86 bits per heavy atom. The molecule has 2 bridgehead atoms. The second kappa shape index (κ2) is 5.17. The lowest BCUT2D eigenvalue weighted by molar-refractivity contribution is 0.259. The summed E-state index contributed by atoms with van der Waals surface area (Å²) < 4.78 is 2.24. The number of para-hydroxylation sites is 1. The van der Waals surface area contributed by atoms with Gasteiger partial charge in [0.05, 0.1) is 0 Å². The van der Waals surface area contributed by atoms with Crippen LogP contribution in [-0.2, 0) is 13.6 Å². The first-order chi connectivity index (χ1) is 10.2. The normalized spacial score (nSPS) is 29.3. The summed E-state index contributed by atoms with van der Waals surface area (Å²) in [5.74, 6) is 2.96. The van der Waals surface area contributed by atoms with Crippen LogP contribution in [0, 0.1) is 17.8 Å². The van der Waals surface area contributed by atoms with Gasteiger partial charge in [-0.2, -0.15) is 0 Å². The summed E-state index contributed by atoms with van der Waals surface area (Å²) >= 11 is 0. The van der Waals surface area contributed by atoms with E-state index < -0.39 is 0 Å². The average Bonchev–Trinajstić information content (AvgIpc) is 3.20.